The third-order valence-corrected chi connectivity index (χ3v) is 9.01. The SMILES string of the molecule is CCCCC=CCCCCCCCCCCCCCCCCOP(=O)(O)C(CCC)[N+](C)(C)C. The molecule has 5 heteroatoms. The Morgan fingerprint density at radius 1 is 0.676 bits per heavy atom. The maximum Gasteiger partial charge on any atom is 0.385 e. The summed E-state index contributed by atoms with van der Waals surface area (Å²) >= 11 is 0. The van der Waals surface area contributed by atoms with Crippen LogP contribution in [0.15, 0.2) is 12.2 Å². The Bertz CT molecular complexity index is 516. The average molecular weight is 503 g/mol. The molecule has 0 heterocycles. The van der Waals surface area contributed by atoms with E-state index in [1.165, 1.54) is 103 Å². The zero-order valence-electron chi connectivity index (χ0n) is 23.7. The van der Waals surface area contributed by atoms with Crippen LogP contribution >= 0.6 is 7.60 Å². The highest BCUT2D eigenvalue weighted by Crippen LogP contribution is 2.51. The van der Waals surface area contributed by atoms with E-state index in [1.807, 2.05) is 21.1 Å². The summed E-state index contributed by atoms with van der Waals surface area (Å²) in [6.45, 7) is 4.72. The number of rotatable bonds is 25. The van der Waals surface area contributed by atoms with Crippen LogP contribution in [-0.2, 0) is 9.09 Å². The molecule has 0 aromatic heterocycles. The molecule has 0 amide bonds. The lowest BCUT2D eigenvalue weighted by Gasteiger charge is -2.35. The molecule has 2 atom stereocenters. The van der Waals surface area contributed by atoms with E-state index < -0.39 is 7.60 Å². The van der Waals surface area contributed by atoms with Gasteiger partial charge >= 0.3 is 7.60 Å². The molecule has 0 aromatic carbocycles. The second-order valence-electron chi connectivity index (χ2n) is 11.1. The molecule has 0 aliphatic carbocycles. The fraction of sp³-hybridized carbons (Fsp3) is 0.931. The highest BCUT2D eigenvalue weighted by Gasteiger charge is 2.41. The second kappa shape index (κ2) is 22.1. The van der Waals surface area contributed by atoms with E-state index >= 15 is 0 Å². The van der Waals surface area contributed by atoms with Crippen LogP contribution in [0.25, 0.3) is 0 Å². The minimum Gasteiger partial charge on any atom is -0.320 e. The van der Waals surface area contributed by atoms with Crippen molar-refractivity contribution in [2.24, 2.45) is 0 Å². The van der Waals surface area contributed by atoms with Crippen LogP contribution in [0.2, 0.25) is 0 Å². The van der Waals surface area contributed by atoms with E-state index in [-0.39, 0.29) is 5.78 Å². The zero-order chi connectivity index (χ0) is 25.5. The first-order valence-electron chi connectivity index (χ1n) is 14.7. The molecule has 0 saturated heterocycles. The molecule has 0 saturated carbocycles. The minimum atomic E-state index is -3.57. The molecule has 1 N–H and O–H groups in total. The normalized spacial score (nSPS) is 15.1. The van der Waals surface area contributed by atoms with Crippen molar-refractivity contribution in [2.75, 3.05) is 27.7 Å². The van der Waals surface area contributed by atoms with Crippen molar-refractivity contribution in [1.29, 1.82) is 0 Å². The summed E-state index contributed by atoms with van der Waals surface area (Å²) in [5, 5.41) is 0. The highest BCUT2D eigenvalue weighted by atomic mass is 31.2. The van der Waals surface area contributed by atoms with E-state index in [0.29, 0.717) is 17.5 Å². The van der Waals surface area contributed by atoms with Gasteiger partial charge < -0.3 is 13.9 Å². The number of hydrogen-bond acceptors (Lipinski definition) is 2. The van der Waals surface area contributed by atoms with Crippen molar-refractivity contribution in [3.8, 4) is 0 Å². The summed E-state index contributed by atoms with van der Waals surface area (Å²) in [6, 6.07) is 0. The third-order valence-electron chi connectivity index (χ3n) is 6.75. The maximum absolute atomic E-state index is 12.7. The Morgan fingerprint density at radius 2 is 1.09 bits per heavy atom. The molecule has 4 nitrogen and oxygen atoms in total. The standard InChI is InChI=1S/C29H60NO3P/c1-6-8-9-10-11-12-13-14-15-16-17-18-19-20-21-22-23-24-25-26-28-33-34(31,32)29(27-7-2)30(3,4)5/h10-11,29H,6-9,12-28H2,1-5H3/p+1. The van der Waals surface area contributed by atoms with Crippen molar-refractivity contribution >= 4 is 7.60 Å². The van der Waals surface area contributed by atoms with E-state index in [9.17, 15) is 9.46 Å². The Balaban J connectivity index is 3.45. The average Bonchev–Trinajstić information content (AvgIpc) is 2.77. The maximum atomic E-state index is 12.7. The summed E-state index contributed by atoms with van der Waals surface area (Å²) < 4.78 is 18.6. The molecule has 0 aromatic rings. The summed E-state index contributed by atoms with van der Waals surface area (Å²) in [5.41, 5.74) is 0. The predicted molar refractivity (Wildman–Crippen MR) is 150 cm³/mol. The molecule has 0 bridgehead atoms. The van der Waals surface area contributed by atoms with Gasteiger partial charge in [-0.05, 0) is 32.1 Å². The molecule has 0 spiro atoms. The van der Waals surface area contributed by atoms with Gasteiger partial charge in [-0.2, -0.15) is 0 Å². The van der Waals surface area contributed by atoms with Crippen LogP contribution in [0.5, 0.6) is 0 Å². The molecular weight excluding hydrogens is 441 g/mol. The van der Waals surface area contributed by atoms with Crippen LogP contribution in [0.1, 0.15) is 142 Å². The van der Waals surface area contributed by atoms with E-state index in [2.05, 4.69) is 26.0 Å². The van der Waals surface area contributed by atoms with Crippen LogP contribution < -0.4 is 0 Å². The van der Waals surface area contributed by atoms with Gasteiger partial charge in [0, 0.05) is 6.42 Å². The molecule has 0 fully saturated rings. The lowest BCUT2D eigenvalue weighted by molar-refractivity contribution is -0.883. The number of unbranched alkanes of at least 4 members (excludes halogenated alkanes) is 16. The Morgan fingerprint density at radius 3 is 1.50 bits per heavy atom. The summed E-state index contributed by atoms with van der Waals surface area (Å²) in [5.74, 6) is -0.333. The summed E-state index contributed by atoms with van der Waals surface area (Å²) in [4.78, 5) is 10.4. The molecule has 0 aliphatic rings. The van der Waals surface area contributed by atoms with Gasteiger partial charge in [0.15, 0.2) is 5.78 Å². The molecule has 2 unspecified atom stereocenters. The van der Waals surface area contributed by atoms with Gasteiger partial charge in [-0.1, -0.05) is 116 Å². The molecule has 0 rings (SSSR count). The third kappa shape index (κ3) is 20.1. The monoisotopic (exact) mass is 502 g/mol. The van der Waals surface area contributed by atoms with Gasteiger partial charge in [-0.25, -0.2) is 0 Å². The first-order valence-corrected chi connectivity index (χ1v) is 16.3. The summed E-state index contributed by atoms with van der Waals surface area (Å²) in [6.07, 6.45) is 29.8. The topological polar surface area (TPSA) is 46.5 Å². The summed E-state index contributed by atoms with van der Waals surface area (Å²) in [7, 11) is 2.36. The van der Waals surface area contributed by atoms with Gasteiger partial charge in [-0.15, -0.1) is 0 Å². The van der Waals surface area contributed by atoms with E-state index in [4.69, 9.17) is 4.52 Å². The van der Waals surface area contributed by atoms with Crippen LogP contribution in [0, 0.1) is 0 Å². The first kappa shape index (κ1) is 33.8. The zero-order valence-corrected chi connectivity index (χ0v) is 24.6. The fourth-order valence-corrected chi connectivity index (χ4v) is 6.59. The lowest BCUT2D eigenvalue weighted by atomic mass is 10.0. The van der Waals surface area contributed by atoms with Crippen molar-refractivity contribution < 1.29 is 18.5 Å². The second-order valence-corrected chi connectivity index (χ2v) is 13.1. The number of hydrogen-bond donors (Lipinski definition) is 1. The van der Waals surface area contributed by atoms with Crippen LogP contribution in [0.3, 0.4) is 0 Å². The quantitative estimate of drug-likeness (QED) is 0.0585. The first-order chi connectivity index (χ1) is 16.3. The Kier molecular flexibility index (Phi) is 22.0. The van der Waals surface area contributed by atoms with Gasteiger partial charge in [0.1, 0.15) is 0 Å². The number of nitrogens with zero attached hydrogens (tertiary/aromatic N) is 1. The van der Waals surface area contributed by atoms with Crippen molar-refractivity contribution in [3.63, 3.8) is 0 Å². The van der Waals surface area contributed by atoms with Crippen molar-refractivity contribution in [3.05, 3.63) is 12.2 Å². The van der Waals surface area contributed by atoms with Crippen LogP contribution in [-0.4, -0.2) is 42.9 Å². The lowest BCUT2D eigenvalue weighted by Crippen LogP contribution is -2.45. The van der Waals surface area contributed by atoms with Crippen molar-refractivity contribution in [1.82, 2.24) is 0 Å². The molecule has 34 heavy (non-hydrogen) atoms. The largest absolute Gasteiger partial charge is 0.385 e. The fourth-order valence-electron chi connectivity index (χ4n) is 4.57. The van der Waals surface area contributed by atoms with Gasteiger partial charge in [0.25, 0.3) is 0 Å². The van der Waals surface area contributed by atoms with Crippen LogP contribution in [0.4, 0.5) is 0 Å². The Hall–Kier alpha value is -0.150. The highest BCUT2D eigenvalue weighted by molar-refractivity contribution is 7.53. The molecule has 0 aliphatic heterocycles. The Labute approximate surface area is 214 Å². The van der Waals surface area contributed by atoms with Gasteiger partial charge in [0.05, 0.1) is 27.7 Å². The molecule has 204 valence electrons. The van der Waals surface area contributed by atoms with E-state index in [0.717, 1.165) is 19.3 Å². The van der Waals surface area contributed by atoms with Gasteiger partial charge in [0.2, 0.25) is 0 Å². The minimum absolute atomic E-state index is 0.333. The number of allylic oxidation sites excluding steroid dienone is 2. The molecule has 0 radical (unpaired) electrons. The predicted octanol–water partition coefficient (Wildman–Crippen LogP) is 9.62. The number of quaternary nitrogens is 1. The smallest absolute Gasteiger partial charge is 0.320 e. The van der Waals surface area contributed by atoms with Gasteiger partial charge in [-0.3, -0.25) is 4.57 Å². The molecular formula is C29H61NO3P+. The van der Waals surface area contributed by atoms with Crippen molar-refractivity contribution in [2.45, 2.75) is 148 Å². The van der Waals surface area contributed by atoms with E-state index in [1.54, 1.807) is 0 Å².